The first kappa shape index (κ1) is 27.8. The molecule has 2 aromatic heterocycles. The molecule has 0 unspecified atom stereocenters. The summed E-state index contributed by atoms with van der Waals surface area (Å²) >= 11 is 0. The number of amides is 2. The predicted molar refractivity (Wildman–Crippen MR) is 152 cm³/mol. The molecule has 0 bridgehead atoms. The highest BCUT2D eigenvalue weighted by atomic mass is 16.6. The molecule has 0 radical (unpaired) electrons. The molecule has 0 saturated carbocycles. The van der Waals surface area contributed by atoms with Gasteiger partial charge in [0.25, 0.3) is 0 Å². The molecule has 0 atom stereocenters. The summed E-state index contributed by atoms with van der Waals surface area (Å²) in [6.07, 6.45) is 4.90. The van der Waals surface area contributed by atoms with Gasteiger partial charge in [0, 0.05) is 63.9 Å². The molecular weight excluding hydrogens is 494 g/mol. The highest BCUT2D eigenvalue weighted by molar-refractivity contribution is 5.82. The van der Waals surface area contributed by atoms with E-state index in [1.807, 2.05) is 55.8 Å². The molecule has 1 saturated heterocycles. The van der Waals surface area contributed by atoms with Gasteiger partial charge in [0.1, 0.15) is 12.1 Å². The Morgan fingerprint density at radius 2 is 1.67 bits per heavy atom. The number of rotatable bonds is 7. The van der Waals surface area contributed by atoms with E-state index in [4.69, 9.17) is 4.74 Å². The first-order chi connectivity index (χ1) is 18.6. The molecule has 10 nitrogen and oxygen atoms in total. The van der Waals surface area contributed by atoms with Crippen LogP contribution in [0, 0.1) is 6.92 Å². The van der Waals surface area contributed by atoms with Crippen LogP contribution in [0.25, 0.3) is 11.1 Å². The highest BCUT2D eigenvalue weighted by Gasteiger charge is 2.21. The predicted octanol–water partition coefficient (Wildman–Crippen LogP) is 3.66. The molecule has 3 aromatic rings. The quantitative estimate of drug-likeness (QED) is 0.493. The van der Waals surface area contributed by atoms with Crippen molar-refractivity contribution in [2.24, 2.45) is 0 Å². The lowest BCUT2D eigenvalue weighted by molar-refractivity contribution is -0.129. The highest BCUT2D eigenvalue weighted by Crippen LogP contribution is 2.23. The van der Waals surface area contributed by atoms with E-state index in [-0.39, 0.29) is 12.5 Å². The third-order valence-electron chi connectivity index (χ3n) is 6.41. The minimum absolute atomic E-state index is 0.128. The van der Waals surface area contributed by atoms with Gasteiger partial charge in [-0.05, 0) is 57.0 Å². The number of pyridine rings is 1. The Morgan fingerprint density at radius 1 is 0.974 bits per heavy atom. The molecule has 1 aliphatic heterocycles. The van der Waals surface area contributed by atoms with E-state index in [9.17, 15) is 9.59 Å². The fraction of sp³-hybridized carbons (Fsp3) is 0.414. The number of benzene rings is 1. The normalized spacial score (nSPS) is 13.7. The SMILES string of the molecule is Cc1ncccc1N1CCN(c2ncc(-c3cccc(CN(C)C(=O)CNC(=O)OC(C)(C)C)c3)cn2)CC1. The lowest BCUT2D eigenvalue weighted by atomic mass is 10.1. The van der Waals surface area contributed by atoms with Crippen LogP contribution in [-0.2, 0) is 16.1 Å². The van der Waals surface area contributed by atoms with Crippen LogP contribution in [0.1, 0.15) is 32.0 Å². The van der Waals surface area contributed by atoms with E-state index in [0.29, 0.717) is 6.54 Å². The van der Waals surface area contributed by atoms with E-state index in [0.717, 1.165) is 54.5 Å². The second kappa shape index (κ2) is 12.1. The van der Waals surface area contributed by atoms with Crippen LogP contribution in [0.3, 0.4) is 0 Å². The molecule has 1 aliphatic rings. The summed E-state index contributed by atoms with van der Waals surface area (Å²) in [4.78, 5) is 44.2. The van der Waals surface area contributed by atoms with E-state index in [1.54, 1.807) is 32.7 Å². The Balaban J connectivity index is 1.31. The second-order valence-electron chi connectivity index (χ2n) is 10.7. The van der Waals surface area contributed by atoms with Crippen molar-refractivity contribution in [3.8, 4) is 11.1 Å². The number of hydrogen-bond donors (Lipinski definition) is 1. The van der Waals surface area contributed by atoms with Gasteiger partial charge in [-0.3, -0.25) is 9.78 Å². The Morgan fingerprint density at radius 3 is 2.33 bits per heavy atom. The van der Waals surface area contributed by atoms with Crippen LogP contribution in [-0.4, -0.2) is 77.2 Å². The molecule has 1 aromatic carbocycles. The summed E-state index contributed by atoms with van der Waals surface area (Å²) in [5.41, 5.74) is 4.46. The minimum Gasteiger partial charge on any atom is -0.444 e. The van der Waals surface area contributed by atoms with Crippen molar-refractivity contribution in [2.45, 2.75) is 39.8 Å². The lowest BCUT2D eigenvalue weighted by Gasteiger charge is -2.36. The van der Waals surface area contributed by atoms with Crippen molar-refractivity contribution < 1.29 is 14.3 Å². The van der Waals surface area contributed by atoms with Gasteiger partial charge >= 0.3 is 6.09 Å². The number of alkyl carbamates (subject to hydrolysis) is 1. The van der Waals surface area contributed by atoms with Crippen LogP contribution >= 0.6 is 0 Å². The molecule has 3 heterocycles. The molecular formula is C29H37N7O3. The Labute approximate surface area is 230 Å². The standard InChI is InChI=1S/C29H37N7O3/c1-21-25(10-7-11-30-21)35-12-14-36(15-13-35)27-31-17-24(18-32-27)23-9-6-8-22(16-23)20-34(5)26(37)19-33-28(38)39-29(2,3)4/h6-11,16-18H,12-15,19-20H2,1-5H3,(H,33,38). The number of carbonyl (C=O) groups is 2. The van der Waals surface area contributed by atoms with Gasteiger partial charge in [-0.1, -0.05) is 18.2 Å². The monoisotopic (exact) mass is 531 g/mol. The van der Waals surface area contributed by atoms with Crippen LogP contribution in [0.4, 0.5) is 16.4 Å². The molecule has 10 heteroatoms. The van der Waals surface area contributed by atoms with E-state index in [2.05, 4.69) is 36.1 Å². The zero-order chi connectivity index (χ0) is 28.0. The van der Waals surface area contributed by atoms with Gasteiger partial charge in [0.05, 0.1) is 11.4 Å². The van der Waals surface area contributed by atoms with E-state index >= 15 is 0 Å². The second-order valence-corrected chi connectivity index (χ2v) is 10.7. The van der Waals surface area contributed by atoms with Crippen molar-refractivity contribution >= 4 is 23.6 Å². The average Bonchev–Trinajstić information content (AvgIpc) is 2.91. The average molecular weight is 532 g/mol. The Bertz CT molecular complexity index is 1280. The maximum atomic E-state index is 12.5. The van der Waals surface area contributed by atoms with E-state index in [1.165, 1.54) is 5.69 Å². The fourth-order valence-corrected chi connectivity index (χ4v) is 4.40. The minimum atomic E-state index is -0.615. The zero-order valence-electron chi connectivity index (χ0n) is 23.3. The van der Waals surface area contributed by atoms with Crippen molar-refractivity contribution in [1.82, 2.24) is 25.2 Å². The third kappa shape index (κ3) is 7.66. The Kier molecular flexibility index (Phi) is 8.63. The fourth-order valence-electron chi connectivity index (χ4n) is 4.40. The largest absolute Gasteiger partial charge is 0.444 e. The van der Waals surface area contributed by atoms with Crippen LogP contribution in [0.5, 0.6) is 0 Å². The van der Waals surface area contributed by atoms with Crippen molar-refractivity contribution in [3.63, 3.8) is 0 Å². The number of aryl methyl sites for hydroxylation is 1. The summed E-state index contributed by atoms with van der Waals surface area (Å²) in [5, 5.41) is 2.51. The molecule has 2 amide bonds. The van der Waals surface area contributed by atoms with Gasteiger partial charge in [0.2, 0.25) is 11.9 Å². The van der Waals surface area contributed by atoms with Gasteiger partial charge in [-0.25, -0.2) is 14.8 Å². The van der Waals surface area contributed by atoms with Crippen LogP contribution in [0.2, 0.25) is 0 Å². The summed E-state index contributed by atoms with van der Waals surface area (Å²) in [6, 6.07) is 12.0. The number of hydrogen-bond acceptors (Lipinski definition) is 8. The van der Waals surface area contributed by atoms with Crippen molar-refractivity contribution in [2.75, 3.05) is 49.6 Å². The van der Waals surface area contributed by atoms with Crippen LogP contribution < -0.4 is 15.1 Å². The summed E-state index contributed by atoms with van der Waals surface area (Å²) in [7, 11) is 1.71. The molecule has 0 spiro atoms. The van der Waals surface area contributed by atoms with Crippen molar-refractivity contribution in [3.05, 3.63) is 66.2 Å². The third-order valence-corrected chi connectivity index (χ3v) is 6.41. The molecule has 39 heavy (non-hydrogen) atoms. The topological polar surface area (TPSA) is 104 Å². The first-order valence-corrected chi connectivity index (χ1v) is 13.1. The first-order valence-electron chi connectivity index (χ1n) is 13.1. The lowest BCUT2D eigenvalue weighted by Crippen LogP contribution is -2.47. The zero-order valence-corrected chi connectivity index (χ0v) is 23.3. The molecule has 0 aliphatic carbocycles. The number of carbonyl (C=O) groups excluding carboxylic acids is 2. The Hall–Kier alpha value is -4.21. The summed E-state index contributed by atoms with van der Waals surface area (Å²) in [6.45, 7) is 11.1. The molecule has 4 rings (SSSR count). The number of piperazine rings is 1. The molecule has 1 N–H and O–H groups in total. The van der Waals surface area contributed by atoms with Crippen molar-refractivity contribution in [1.29, 1.82) is 0 Å². The van der Waals surface area contributed by atoms with Gasteiger partial charge < -0.3 is 24.8 Å². The van der Waals surface area contributed by atoms with Gasteiger partial charge in [0.15, 0.2) is 0 Å². The summed E-state index contributed by atoms with van der Waals surface area (Å²) in [5.74, 6) is 0.512. The summed E-state index contributed by atoms with van der Waals surface area (Å²) < 4.78 is 5.19. The number of anilines is 2. The number of likely N-dealkylation sites (N-methyl/N-ethyl adjacent to an activating group) is 1. The number of ether oxygens (including phenoxy) is 1. The van der Waals surface area contributed by atoms with E-state index < -0.39 is 11.7 Å². The molecule has 206 valence electrons. The van der Waals surface area contributed by atoms with Gasteiger partial charge in [-0.15, -0.1) is 0 Å². The van der Waals surface area contributed by atoms with Crippen LogP contribution in [0.15, 0.2) is 55.0 Å². The smallest absolute Gasteiger partial charge is 0.408 e. The number of aromatic nitrogens is 3. The maximum absolute atomic E-state index is 12.5. The number of nitrogens with zero attached hydrogens (tertiary/aromatic N) is 6. The molecule has 1 fully saturated rings. The van der Waals surface area contributed by atoms with Gasteiger partial charge in [-0.2, -0.15) is 0 Å². The maximum Gasteiger partial charge on any atom is 0.408 e. The number of nitrogens with one attached hydrogen (secondary N) is 1.